The van der Waals surface area contributed by atoms with Gasteiger partial charge in [-0.3, -0.25) is 9.88 Å². The Bertz CT molecular complexity index is 491. The monoisotopic (exact) mass is 426 g/mol. The van der Waals surface area contributed by atoms with Gasteiger partial charge in [0, 0.05) is 25.7 Å². The van der Waals surface area contributed by atoms with E-state index in [2.05, 4.69) is 53.8 Å². The van der Waals surface area contributed by atoms with Gasteiger partial charge in [0.25, 0.3) is 0 Å². The van der Waals surface area contributed by atoms with Crippen LogP contribution in [0.15, 0.2) is 36.5 Å². The molecule has 0 spiro atoms. The quantitative estimate of drug-likeness (QED) is 0.143. The lowest BCUT2D eigenvalue weighted by Gasteiger charge is -2.06. The van der Waals surface area contributed by atoms with Crippen LogP contribution in [0.25, 0.3) is 0 Å². The highest BCUT2D eigenvalue weighted by atomic mass is 31.1. The fourth-order valence-corrected chi connectivity index (χ4v) is 3.82. The molecule has 0 heterocycles. The standard InChI is InChI=1S/C23H43N2O3P/c1-2-3-4-5-6-7-8-9-10-11-12-13-14-15-16-18-23(27)24-19-17-22-29(28)25-20-21-26/h3-4,6-7,9-10,26,29H,2,5,8,11-22H2,1H3,(H,24,27)(H,25,28). The molecule has 3 N–H and O–H groups in total. The molecule has 0 aliphatic rings. The molecule has 0 saturated heterocycles. The maximum Gasteiger partial charge on any atom is 0.219 e. The van der Waals surface area contributed by atoms with Gasteiger partial charge in [-0.1, -0.05) is 62.6 Å². The Hall–Kier alpha value is -1.16. The van der Waals surface area contributed by atoms with Crippen molar-refractivity contribution in [3.05, 3.63) is 36.5 Å². The Morgan fingerprint density at radius 2 is 1.52 bits per heavy atom. The summed E-state index contributed by atoms with van der Waals surface area (Å²) in [4.78, 5) is 11.7. The second-order valence-electron chi connectivity index (χ2n) is 7.13. The first-order valence-corrected chi connectivity index (χ1v) is 12.9. The highest BCUT2D eigenvalue weighted by molar-refractivity contribution is 7.42. The van der Waals surface area contributed by atoms with Crippen LogP contribution in [0, 0.1) is 0 Å². The van der Waals surface area contributed by atoms with Gasteiger partial charge in [-0.15, -0.1) is 0 Å². The maximum atomic E-state index is 11.7. The summed E-state index contributed by atoms with van der Waals surface area (Å²) in [6, 6.07) is 0. The van der Waals surface area contributed by atoms with E-state index in [1.165, 1.54) is 19.3 Å². The van der Waals surface area contributed by atoms with Crippen LogP contribution in [0.1, 0.15) is 77.6 Å². The van der Waals surface area contributed by atoms with Crippen molar-refractivity contribution in [1.82, 2.24) is 10.4 Å². The molecule has 0 aromatic carbocycles. The number of unbranched alkanes of at least 4 members (excludes halogenated alkanes) is 5. The number of nitrogens with one attached hydrogen (secondary N) is 2. The number of aliphatic hydroxyl groups excluding tert-OH is 1. The highest BCUT2D eigenvalue weighted by Crippen LogP contribution is 2.14. The Morgan fingerprint density at radius 3 is 2.24 bits per heavy atom. The molecule has 0 aromatic rings. The number of hydrogen-bond donors (Lipinski definition) is 3. The van der Waals surface area contributed by atoms with Crippen LogP contribution >= 0.6 is 7.95 Å². The van der Waals surface area contributed by atoms with Crippen molar-refractivity contribution in [2.75, 3.05) is 25.9 Å². The van der Waals surface area contributed by atoms with Crippen LogP contribution in [0.2, 0.25) is 0 Å². The molecule has 0 bridgehead atoms. The second kappa shape index (κ2) is 23.1. The van der Waals surface area contributed by atoms with E-state index in [0.29, 0.717) is 32.1 Å². The van der Waals surface area contributed by atoms with Gasteiger partial charge in [-0.2, -0.15) is 0 Å². The molecular formula is C23H43N2O3P. The number of carbonyl (C=O) groups is 1. The zero-order chi connectivity index (χ0) is 21.4. The van der Waals surface area contributed by atoms with Crippen molar-refractivity contribution in [2.24, 2.45) is 0 Å². The molecule has 1 unspecified atom stereocenters. The number of allylic oxidation sites excluding steroid dienone is 6. The van der Waals surface area contributed by atoms with Crippen molar-refractivity contribution in [2.45, 2.75) is 77.6 Å². The second-order valence-corrected chi connectivity index (χ2v) is 8.83. The van der Waals surface area contributed by atoms with Gasteiger partial charge < -0.3 is 15.0 Å². The summed E-state index contributed by atoms with van der Waals surface area (Å²) in [6.45, 7) is 3.09. The third kappa shape index (κ3) is 23.0. The molecule has 168 valence electrons. The number of rotatable bonds is 20. The number of aliphatic hydroxyl groups is 1. The lowest BCUT2D eigenvalue weighted by atomic mass is 10.1. The van der Waals surface area contributed by atoms with E-state index in [4.69, 9.17) is 5.11 Å². The van der Waals surface area contributed by atoms with Gasteiger partial charge in [0.05, 0.1) is 6.61 Å². The molecule has 0 saturated carbocycles. The Balaban J connectivity index is 3.37. The molecule has 1 amide bonds. The molecule has 5 nitrogen and oxygen atoms in total. The van der Waals surface area contributed by atoms with Crippen molar-refractivity contribution in [3.63, 3.8) is 0 Å². The van der Waals surface area contributed by atoms with E-state index >= 15 is 0 Å². The third-order valence-corrected chi connectivity index (χ3v) is 5.84. The van der Waals surface area contributed by atoms with E-state index in [1.807, 2.05) is 0 Å². The molecule has 0 aromatic heterocycles. The summed E-state index contributed by atoms with van der Waals surface area (Å²) >= 11 is 0. The average Bonchev–Trinajstić information content (AvgIpc) is 2.72. The Morgan fingerprint density at radius 1 is 0.862 bits per heavy atom. The van der Waals surface area contributed by atoms with E-state index in [-0.39, 0.29) is 12.5 Å². The predicted octanol–water partition coefficient (Wildman–Crippen LogP) is 5.14. The molecule has 0 fully saturated rings. The van der Waals surface area contributed by atoms with E-state index < -0.39 is 7.95 Å². The summed E-state index contributed by atoms with van der Waals surface area (Å²) in [6.07, 6.45) is 25.2. The van der Waals surface area contributed by atoms with Crippen molar-refractivity contribution in [3.8, 4) is 0 Å². The van der Waals surface area contributed by atoms with E-state index in [1.54, 1.807) is 0 Å². The summed E-state index contributed by atoms with van der Waals surface area (Å²) in [5.74, 6) is 0.0918. The van der Waals surface area contributed by atoms with Crippen LogP contribution in [0.5, 0.6) is 0 Å². The maximum absolute atomic E-state index is 11.7. The number of carbonyl (C=O) groups excluding carboxylic acids is 1. The van der Waals surface area contributed by atoms with Crippen LogP contribution in [-0.2, 0) is 9.36 Å². The van der Waals surface area contributed by atoms with Crippen molar-refractivity contribution in [1.29, 1.82) is 0 Å². The van der Waals surface area contributed by atoms with Gasteiger partial charge in [0.15, 0.2) is 0 Å². The lowest BCUT2D eigenvalue weighted by Crippen LogP contribution is -2.24. The van der Waals surface area contributed by atoms with E-state index in [9.17, 15) is 9.36 Å². The lowest BCUT2D eigenvalue weighted by molar-refractivity contribution is -0.121. The number of hydrogen-bond acceptors (Lipinski definition) is 3. The van der Waals surface area contributed by atoms with E-state index in [0.717, 1.165) is 38.5 Å². The van der Waals surface area contributed by atoms with Gasteiger partial charge in [0.2, 0.25) is 5.91 Å². The molecule has 1 atom stereocenters. The first-order chi connectivity index (χ1) is 14.2. The minimum absolute atomic E-state index is 0.00112. The average molecular weight is 427 g/mol. The molecule has 0 aliphatic heterocycles. The molecule has 29 heavy (non-hydrogen) atoms. The summed E-state index contributed by atoms with van der Waals surface area (Å²) < 4.78 is 11.5. The Kier molecular flexibility index (Phi) is 22.2. The fraction of sp³-hybridized carbons (Fsp3) is 0.696. The van der Waals surface area contributed by atoms with Gasteiger partial charge in [-0.25, -0.2) is 0 Å². The first kappa shape index (κ1) is 27.8. The third-order valence-electron chi connectivity index (χ3n) is 4.39. The predicted molar refractivity (Wildman–Crippen MR) is 126 cm³/mol. The number of amides is 1. The minimum Gasteiger partial charge on any atom is -0.395 e. The SMILES string of the molecule is CCC=CCC=CCC=CCCCCCCCC(=O)NCCC[PH](=O)NCCO. The normalized spacial score (nSPS) is 13.0. The van der Waals surface area contributed by atoms with Crippen molar-refractivity contribution >= 4 is 13.9 Å². The topological polar surface area (TPSA) is 78.4 Å². The van der Waals surface area contributed by atoms with Gasteiger partial charge in [-0.05, 0) is 44.9 Å². The molecule has 0 radical (unpaired) electrons. The van der Waals surface area contributed by atoms with Crippen LogP contribution in [-0.4, -0.2) is 36.9 Å². The highest BCUT2D eigenvalue weighted by Gasteiger charge is 2.02. The molecule has 0 rings (SSSR count). The van der Waals surface area contributed by atoms with Crippen LogP contribution in [0.3, 0.4) is 0 Å². The Labute approximate surface area is 179 Å². The van der Waals surface area contributed by atoms with Gasteiger partial charge >= 0.3 is 0 Å². The smallest absolute Gasteiger partial charge is 0.219 e. The molecule has 6 heteroatoms. The molecule has 0 aliphatic carbocycles. The minimum atomic E-state index is -1.81. The fourth-order valence-electron chi connectivity index (χ4n) is 2.75. The van der Waals surface area contributed by atoms with Crippen LogP contribution < -0.4 is 10.4 Å². The zero-order valence-electron chi connectivity index (χ0n) is 18.3. The zero-order valence-corrected chi connectivity index (χ0v) is 19.3. The van der Waals surface area contributed by atoms with Crippen LogP contribution in [0.4, 0.5) is 0 Å². The largest absolute Gasteiger partial charge is 0.395 e. The summed E-state index contributed by atoms with van der Waals surface area (Å²) in [5, 5.41) is 14.3. The summed E-state index contributed by atoms with van der Waals surface area (Å²) in [7, 11) is -1.81. The first-order valence-electron chi connectivity index (χ1n) is 11.3. The summed E-state index contributed by atoms with van der Waals surface area (Å²) in [5.41, 5.74) is 0. The van der Waals surface area contributed by atoms with Gasteiger partial charge in [0.1, 0.15) is 7.95 Å². The van der Waals surface area contributed by atoms with Crippen molar-refractivity contribution < 1.29 is 14.5 Å². The molecular weight excluding hydrogens is 383 g/mol.